The highest BCUT2D eigenvalue weighted by Gasteiger charge is 2.30. The first-order chi connectivity index (χ1) is 12.4. The van der Waals surface area contributed by atoms with Crippen LogP contribution in [-0.4, -0.2) is 9.97 Å². The Balaban J connectivity index is 1.77. The zero-order valence-electron chi connectivity index (χ0n) is 13.3. The van der Waals surface area contributed by atoms with Gasteiger partial charge < -0.3 is 4.98 Å². The Morgan fingerprint density at radius 2 is 1.69 bits per heavy atom. The van der Waals surface area contributed by atoms with Crippen LogP contribution in [0.4, 0.5) is 17.6 Å². The molecule has 0 atom stereocenters. The fraction of sp³-hybridized carbons (Fsp3) is 0.0500. The molecular formula is C20H12F4N2. The number of aromatic nitrogens is 2. The van der Waals surface area contributed by atoms with E-state index in [0.29, 0.717) is 16.6 Å². The third-order valence-electron chi connectivity index (χ3n) is 4.18. The van der Waals surface area contributed by atoms with Crippen LogP contribution in [0.3, 0.4) is 0 Å². The molecule has 0 aliphatic carbocycles. The van der Waals surface area contributed by atoms with Crippen LogP contribution in [0.1, 0.15) is 5.56 Å². The van der Waals surface area contributed by atoms with E-state index < -0.39 is 17.6 Å². The van der Waals surface area contributed by atoms with Crippen molar-refractivity contribution in [1.82, 2.24) is 9.97 Å². The SMILES string of the molecule is Fc1c(-c2nc(-c3cccc(C(F)(F)F)c3)c[nH]2)ccc2ccccc12. The van der Waals surface area contributed by atoms with Crippen LogP contribution in [0.15, 0.2) is 66.9 Å². The lowest BCUT2D eigenvalue weighted by atomic mass is 10.1. The van der Waals surface area contributed by atoms with Crippen molar-refractivity contribution in [2.75, 3.05) is 0 Å². The quantitative estimate of drug-likeness (QED) is 0.435. The van der Waals surface area contributed by atoms with Gasteiger partial charge in [0.05, 0.1) is 16.8 Å². The maximum Gasteiger partial charge on any atom is 0.416 e. The molecule has 0 radical (unpaired) electrons. The van der Waals surface area contributed by atoms with Crippen LogP contribution in [0, 0.1) is 5.82 Å². The molecule has 0 aliphatic rings. The Morgan fingerprint density at radius 1 is 0.885 bits per heavy atom. The van der Waals surface area contributed by atoms with Crippen molar-refractivity contribution in [3.05, 3.63) is 78.2 Å². The molecular weight excluding hydrogens is 344 g/mol. The molecule has 3 aromatic carbocycles. The fourth-order valence-electron chi connectivity index (χ4n) is 2.88. The summed E-state index contributed by atoms with van der Waals surface area (Å²) < 4.78 is 53.4. The molecule has 26 heavy (non-hydrogen) atoms. The van der Waals surface area contributed by atoms with Gasteiger partial charge in [-0.1, -0.05) is 42.5 Å². The molecule has 130 valence electrons. The van der Waals surface area contributed by atoms with Gasteiger partial charge in [-0.15, -0.1) is 0 Å². The minimum Gasteiger partial charge on any atom is -0.344 e. The van der Waals surface area contributed by atoms with Crippen LogP contribution < -0.4 is 0 Å². The first kappa shape index (κ1) is 16.3. The molecule has 4 rings (SSSR count). The number of H-pyrrole nitrogens is 1. The summed E-state index contributed by atoms with van der Waals surface area (Å²) >= 11 is 0. The summed E-state index contributed by atoms with van der Waals surface area (Å²) in [5.74, 6) is -0.159. The molecule has 2 nitrogen and oxygen atoms in total. The Hall–Kier alpha value is -3.15. The van der Waals surface area contributed by atoms with Crippen molar-refractivity contribution in [3.8, 4) is 22.6 Å². The molecule has 0 amide bonds. The third-order valence-corrected chi connectivity index (χ3v) is 4.18. The van der Waals surface area contributed by atoms with Gasteiger partial charge in [-0.25, -0.2) is 9.37 Å². The number of fused-ring (bicyclic) bond motifs is 1. The molecule has 1 aromatic heterocycles. The van der Waals surface area contributed by atoms with E-state index >= 15 is 0 Å². The van der Waals surface area contributed by atoms with Gasteiger partial charge >= 0.3 is 6.18 Å². The summed E-state index contributed by atoms with van der Waals surface area (Å²) in [7, 11) is 0. The van der Waals surface area contributed by atoms with E-state index in [9.17, 15) is 17.6 Å². The second-order valence-corrected chi connectivity index (χ2v) is 5.86. The molecule has 0 bridgehead atoms. The molecule has 0 fully saturated rings. The normalized spacial score (nSPS) is 11.8. The van der Waals surface area contributed by atoms with Gasteiger partial charge in [-0.3, -0.25) is 0 Å². The molecule has 0 spiro atoms. The number of hydrogen-bond donors (Lipinski definition) is 1. The molecule has 0 saturated heterocycles. The first-order valence-electron chi connectivity index (χ1n) is 7.84. The summed E-state index contributed by atoms with van der Waals surface area (Å²) in [6, 6.07) is 15.3. The highest BCUT2D eigenvalue weighted by molar-refractivity contribution is 5.87. The van der Waals surface area contributed by atoms with E-state index in [-0.39, 0.29) is 11.4 Å². The fourth-order valence-corrected chi connectivity index (χ4v) is 2.88. The Morgan fingerprint density at radius 3 is 2.50 bits per heavy atom. The highest BCUT2D eigenvalue weighted by atomic mass is 19.4. The Kier molecular flexibility index (Phi) is 3.76. The van der Waals surface area contributed by atoms with Crippen molar-refractivity contribution in [3.63, 3.8) is 0 Å². The number of rotatable bonds is 2. The van der Waals surface area contributed by atoms with Gasteiger partial charge in [0.15, 0.2) is 0 Å². The van der Waals surface area contributed by atoms with Crippen LogP contribution in [0.25, 0.3) is 33.4 Å². The second-order valence-electron chi connectivity index (χ2n) is 5.86. The average molecular weight is 356 g/mol. The first-order valence-corrected chi connectivity index (χ1v) is 7.84. The second kappa shape index (κ2) is 5.98. The number of benzene rings is 3. The average Bonchev–Trinajstić information content (AvgIpc) is 3.11. The zero-order valence-corrected chi connectivity index (χ0v) is 13.3. The van der Waals surface area contributed by atoms with Crippen molar-refractivity contribution in [1.29, 1.82) is 0 Å². The highest BCUT2D eigenvalue weighted by Crippen LogP contribution is 2.33. The van der Waals surface area contributed by atoms with E-state index in [0.717, 1.165) is 17.5 Å². The van der Waals surface area contributed by atoms with Gasteiger partial charge in [-0.05, 0) is 23.6 Å². The number of hydrogen-bond acceptors (Lipinski definition) is 1. The van der Waals surface area contributed by atoms with Gasteiger partial charge in [0.2, 0.25) is 0 Å². The molecule has 1 heterocycles. The molecule has 0 unspecified atom stereocenters. The number of aromatic amines is 1. The largest absolute Gasteiger partial charge is 0.416 e. The molecule has 1 N–H and O–H groups in total. The van der Waals surface area contributed by atoms with Crippen molar-refractivity contribution in [2.45, 2.75) is 6.18 Å². The van der Waals surface area contributed by atoms with Gasteiger partial charge in [0.25, 0.3) is 0 Å². The van der Waals surface area contributed by atoms with Crippen molar-refractivity contribution in [2.24, 2.45) is 0 Å². The van der Waals surface area contributed by atoms with Gasteiger partial charge in [-0.2, -0.15) is 13.2 Å². The molecule has 0 aliphatic heterocycles. The van der Waals surface area contributed by atoms with Crippen molar-refractivity contribution < 1.29 is 17.6 Å². The maximum absolute atomic E-state index is 14.8. The summed E-state index contributed by atoms with van der Waals surface area (Å²) in [5, 5.41) is 1.22. The van der Waals surface area contributed by atoms with E-state index in [2.05, 4.69) is 9.97 Å². The van der Waals surface area contributed by atoms with Crippen LogP contribution >= 0.6 is 0 Å². The van der Waals surface area contributed by atoms with Crippen LogP contribution in [0.5, 0.6) is 0 Å². The summed E-state index contributed by atoms with van der Waals surface area (Å²) in [6.45, 7) is 0. The van der Waals surface area contributed by atoms with Crippen LogP contribution in [-0.2, 0) is 6.18 Å². The van der Waals surface area contributed by atoms with Crippen molar-refractivity contribution >= 4 is 10.8 Å². The summed E-state index contributed by atoms with van der Waals surface area (Å²) in [5.41, 5.74) is 0.139. The molecule has 6 heteroatoms. The lowest BCUT2D eigenvalue weighted by molar-refractivity contribution is -0.137. The minimum absolute atomic E-state index is 0.265. The minimum atomic E-state index is -4.43. The lowest BCUT2D eigenvalue weighted by Crippen LogP contribution is -2.04. The number of nitrogens with one attached hydrogen (secondary N) is 1. The smallest absolute Gasteiger partial charge is 0.344 e. The standard InChI is InChI=1S/C20H12F4N2/c21-18-15-7-2-1-4-12(15)8-9-16(18)19-25-11-17(26-19)13-5-3-6-14(10-13)20(22,23)24/h1-11H,(H,25,26). The summed E-state index contributed by atoms with van der Waals surface area (Å²) in [6.07, 6.45) is -2.96. The lowest BCUT2D eigenvalue weighted by Gasteiger charge is -2.07. The maximum atomic E-state index is 14.8. The molecule has 4 aromatic rings. The predicted molar refractivity (Wildman–Crippen MR) is 91.9 cm³/mol. The van der Waals surface area contributed by atoms with Crippen LogP contribution in [0.2, 0.25) is 0 Å². The van der Waals surface area contributed by atoms with Gasteiger partial charge in [0.1, 0.15) is 11.6 Å². The van der Waals surface area contributed by atoms with E-state index in [4.69, 9.17) is 0 Å². The number of alkyl halides is 3. The number of halogens is 4. The van der Waals surface area contributed by atoms with Gasteiger partial charge in [0, 0.05) is 17.1 Å². The Bertz CT molecular complexity index is 1100. The predicted octanol–water partition coefficient (Wildman–Crippen LogP) is 6.05. The van der Waals surface area contributed by atoms with E-state index in [1.807, 2.05) is 6.07 Å². The number of nitrogens with zero attached hydrogens (tertiary/aromatic N) is 1. The zero-order chi connectivity index (χ0) is 18.3. The van der Waals surface area contributed by atoms with E-state index in [1.165, 1.54) is 18.3 Å². The topological polar surface area (TPSA) is 28.7 Å². The number of imidazole rings is 1. The third kappa shape index (κ3) is 2.83. The van der Waals surface area contributed by atoms with E-state index in [1.54, 1.807) is 30.3 Å². The Labute approximate surface area is 146 Å². The monoisotopic (exact) mass is 356 g/mol. The molecule has 0 saturated carbocycles. The summed E-state index contributed by atoms with van der Waals surface area (Å²) in [4.78, 5) is 7.13.